The van der Waals surface area contributed by atoms with Crippen LogP contribution in [0.5, 0.6) is 5.88 Å². The van der Waals surface area contributed by atoms with Gasteiger partial charge in [0.15, 0.2) is 17.1 Å². The largest absolute Gasteiger partial charge is 0.481 e. The highest BCUT2D eigenvalue weighted by Crippen LogP contribution is 2.42. The van der Waals surface area contributed by atoms with E-state index in [9.17, 15) is 45.4 Å². The van der Waals surface area contributed by atoms with Gasteiger partial charge in [-0.25, -0.2) is 14.1 Å². The van der Waals surface area contributed by atoms with Gasteiger partial charge in [0.05, 0.1) is 19.0 Å². The number of aliphatic hydroxyl groups is 1. The lowest BCUT2D eigenvalue weighted by molar-refractivity contribution is -0.270. The Kier molecular flexibility index (Phi) is 11.2. The van der Waals surface area contributed by atoms with E-state index in [0.29, 0.717) is 11.5 Å². The van der Waals surface area contributed by atoms with Crippen LogP contribution in [-0.4, -0.2) is 95.0 Å². The molecule has 1 aliphatic carbocycles. The van der Waals surface area contributed by atoms with E-state index in [1.165, 1.54) is 23.9 Å². The van der Waals surface area contributed by atoms with Gasteiger partial charge in [-0.15, -0.1) is 0 Å². The minimum Gasteiger partial charge on any atom is -0.481 e. The van der Waals surface area contributed by atoms with Gasteiger partial charge in [0.1, 0.15) is 12.8 Å². The third-order valence-corrected chi connectivity index (χ3v) is 10.5. The molecule has 2 fully saturated rings. The third-order valence-electron chi connectivity index (χ3n) is 8.82. The van der Waals surface area contributed by atoms with Crippen molar-refractivity contribution >= 4 is 19.9 Å². The average Bonchev–Trinajstić information content (AvgIpc) is 3.42. The van der Waals surface area contributed by atoms with Crippen LogP contribution >= 0.6 is 0 Å². The van der Waals surface area contributed by atoms with Gasteiger partial charge in [-0.3, -0.25) is 9.59 Å². The first-order chi connectivity index (χ1) is 22.2. The molecule has 3 heterocycles. The number of aromatic nitrogens is 3. The number of hydrogen-bond donors (Lipinski definition) is 2. The number of hydrogen-bond acceptors (Lipinski definition) is 7. The second kappa shape index (κ2) is 14.3. The number of carbonyl (C=O) groups excluding carboxylic acids is 2. The van der Waals surface area contributed by atoms with Gasteiger partial charge in [0.2, 0.25) is 11.8 Å². The summed E-state index contributed by atoms with van der Waals surface area (Å²) in [5.74, 6) is -3.76. The maximum atomic E-state index is 14.9. The van der Waals surface area contributed by atoms with Gasteiger partial charge in [0.25, 0.3) is 5.91 Å². The number of methoxy groups -OCH3 is 1. The van der Waals surface area contributed by atoms with Crippen molar-refractivity contribution in [2.75, 3.05) is 20.3 Å². The molecule has 268 valence electrons. The van der Waals surface area contributed by atoms with E-state index in [-0.39, 0.29) is 43.1 Å². The Balaban J connectivity index is 1.52. The van der Waals surface area contributed by atoms with Crippen molar-refractivity contribution in [1.29, 1.82) is 0 Å². The van der Waals surface area contributed by atoms with Crippen LogP contribution in [0, 0.1) is 11.7 Å². The van der Waals surface area contributed by atoms with Gasteiger partial charge in [0, 0.05) is 44.8 Å². The zero-order valence-electron chi connectivity index (χ0n) is 27.0. The predicted octanol–water partition coefficient (Wildman–Crippen LogP) is 5.54. The Labute approximate surface area is 274 Å². The highest BCUT2D eigenvalue weighted by Gasteiger charge is 2.55. The van der Waals surface area contributed by atoms with Crippen molar-refractivity contribution in [3.8, 4) is 17.1 Å². The number of halogens is 7. The Morgan fingerprint density at radius 3 is 2.35 bits per heavy atom. The maximum Gasteiger partial charge on any atom is 0.417 e. The molecule has 18 heteroatoms. The molecule has 48 heavy (non-hydrogen) atoms. The average molecular weight is 712 g/mol. The maximum absolute atomic E-state index is 14.9. The van der Waals surface area contributed by atoms with Crippen molar-refractivity contribution in [2.24, 2.45) is 5.92 Å². The molecule has 2 atom stereocenters. The number of nitrogens with one attached hydrogen (secondary N) is 1. The topological polar surface area (TPSA) is 119 Å². The quantitative estimate of drug-likeness (QED) is 0.189. The zero-order valence-corrected chi connectivity index (χ0v) is 28.0. The number of carbonyl (C=O) groups is 2. The Morgan fingerprint density at radius 2 is 1.77 bits per heavy atom. The molecule has 10 nitrogen and oxygen atoms in total. The van der Waals surface area contributed by atoms with E-state index in [1.54, 1.807) is 0 Å². The molecule has 4 rings (SSSR count). The smallest absolute Gasteiger partial charge is 0.417 e. The van der Waals surface area contributed by atoms with Crippen LogP contribution in [0.4, 0.5) is 30.7 Å². The van der Waals surface area contributed by atoms with Crippen LogP contribution in [-0.2, 0) is 16.3 Å². The van der Waals surface area contributed by atoms with Crippen LogP contribution in [0.15, 0.2) is 18.3 Å². The molecule has 0 spiro atoms. The molecule has 2 aromatic heterocycles. The van der Waals surface area contributed by atoms with E-state index < -0.39 is 93.2 Å². The number of pyridine rings is 1. The fourth-order valence-corrected chi connectivity index (χ4v) is 6.60. The highest BCUT2D eigenvalue weighted by atomic mass is 28.3. The van der Waals surface area contributed by atoms with Crippen LogP contribution in [0.3, 0.4) is 0 Å². The number of rotatable bonds is 10. The first-order valence-electron chi connectivity index (χ1n) is 15.5. The van der Waals surface area contributed by atoms with Crippen molar-refractivity contribution in [3.63, 3.8) is 0 Å². The molecular formula is C30H40F7N5O5Si. The summed E-state index contributed by atoms with van der Waals surface area (Å²) in [4.78, 5) is 31.0. The van der Waals surface area contributed by atoms with Crippen LogP contribution in [0.2, 0.25) is 25.7 Å². The van der Waals surface area contributed by atoms with Gasteiger partial charge in [-0.1, -0.05) is 19.6 Å². The summed E-state index contributed by atoms with van der Waals surface area (Å²) in [5.41, 5.74) is -3.29. The van der Waals surface area contributed by atoms with Crippen molar-refractivity contribution in [2.45, 2.75) is 101 Å². The number of ether oxygens (including phenoxy) is 2. The summed E-state index contributed by atoms with van der Waals surface area (Å²) in [6.45, 7) is 6.08. The van der Waals surface area contributed by atoms with E-state index in [4.69, 9.17) is 9.47 Å². The number of likely N-dealkylation sites (tertiary alicyclic amines) is 1. The van der Waals surface area contributed by atoms with E-state index in [0.717, 1.165) is 12.2 Å². The fourth-order valence-electron chi connectivity index (χ4n) is 5.84. The molecule has 0 radical (unpaired) electrons. The minimum absolute atomic E-state index is 0.0484. The molecule has 1 saturated heterocycles. The lowest BCUT2D eigenvalue weighted by atomic mass is 9.81. The molecule has 1 saturated carbocycles. The monoisotopic (exact) mass is 711 g/mol. The van der Waals surface area contributed by atoms with Gasteiger partial charge < -0.3 is 24.8 Å². The van der Waals surface area contributed by atoms with E-state index in [2.05, 4.69) is 35.0 Å². The normalized spacial score (nSPS) is 24.0. The number of alkyl halides is 6. The van der Waals surface area contributed by atoms with Crippen LogP contribution in [0.1, 0.15) is 49.0 Å². The number of amides is 2. The van der Waals surface area contributed by atoms with Crippen LogP contribution in [0.25, 0.3) is 11.3 Å². The molecule has 2 aromatic rings. The van der Waals surface area contributed by atoms with Gasteiger partial charge >= 0.3 is 12.4 Å². The molecule has 1 aliphatic heterocycles. The Hall–Kier alpha value is -3.25. The van der Waals surface area contributed by atoms with E-state index in [1.807, 2.05) is 0 Å². The van der Waals surface area contributed by atoms with Gasteiger partial charge in [-0.05, 0) is 50.6 Å². The molecule has 0 bridgehead atoms. The molecule has 0 aromatic carbocycles. The summed E-state index contributed by atoms with van der Waals surface area (Å²) < 4.78 is 109. The predicted molar refractivity (Wildman–Crippen MR) is 161 cm³/mol. The summed E-state index contributed by atoms with van der Waals surface area (Å²) in [6.07, 6.45) is -11.5. The first-order valence-corrected chi connectivity index (χ1v) is 19.3. The minimum atomic E-state index is -4.93. The summed E-state index contributed by atoms with van der Waals surface area (Å²) in [5, 5.41) is 16.6. The third kappa shape index (κ3) is 8.85. The Morgan fingerprint density at radius 1 is 1.10 bits per heavy atom. The summed E-state index contributed by atoms with van der Waals surface area (Å²) >= 11 is 0. The van der Waals surface area contributed by atoms with Crippen molar-refractivity contribution in [1.82, 2.24) is 25.0 Å². The fraction of sp³-hybridized carbons (Fsp3) is 0.667. The molecule has 2 amide bonds. The van der Waals surface area contributed by atoms with Crippen molar-refractivity contribution < 1.29 is 54.9 Å². The van der Waals surface area contributed by atoms with Crippen LogP contribution < -0.4 is 10.1 Å². The van der Waals surface area contributed by atoms with Crippen molar-refractivity contribution in [3.05, 3.63) is 29.8 Å². The standard InChI is InChI=1S/C30H40F7N5O5Si/c1-46-25-14-20(21(31)16-38-25)23-15-22(40-42(23)17-47-11-12-48(2,3)4)27(44)41-10-7-18(13-24(41)29(32,33)34)26(43)39-19-5-8-28(45,9-6-19)30(35,36)37/h14-16,18-19,24,45H,5-13,17H2,1-4H3,(H,39,43). The first kappa shape index (κ1) is 37.6. The SMILES string of the molecule is COc1cc(-c2cc(C(=O)N3CCC(C(=O)NC4CCC(O)(C(F)(F)F)CC4)CC3C(F)(F)F)nn2COCC[Si](C)(C)C)c(F)cn1. The molecular weight excluding hydrogens is 671 g/mol. The van der Waals surface area contributed by atoms with Gasteiger partial charge in [-0.2, -0.15) is 31.4 Å². The second-order valence-corrected chi connectivity index (χ2v) is 19.2. The highest BCUT2D eigenvalue weighted by molar-refractivity contribution is 6.76. The number of nitrogens with zero attached hydrogens (tertiary/aromatic N) is 4. The number of piperidine rings is 1. The lowest BCUT2D eigenvalue weighted by Crippen LogP contribution is -2.56. The second-order valence-electron chi connectivity index (χ2n) is 13.6. The lowest BCUT2D eigenvalue weighted by Gasteiger charge is -2.40. The molecule has 2 unspecified atom stereocenters. The zero-order chi connectivity index (χ0) is 35.7. The summed E-state index contributed by atoms with van der Waals surface area (Å²) in [7, 11) is -0.162. The summed E-state index contributed by atoms with van der Waals surface area (Å²) in [6, 6.07) is 0.110. The molecule has 2 aliphatic rings. The van der Waals surface area contributed by atoms with E-state index >= 15 is 0 Å². The Bertz CT molecular complexity index is 1450. The molecule has 2 N–H and O–H groups in total.